The number of aromatic nitrogens is 3. The summed E-state index contributed by atoms with van der Waals surface area (Å²) in [4.78, 5) is 14.9. The molecule has 2 aromatic carbocycles. The smallest absolute Gasteiger partial charge is 0.265 e. The van der Waals surface area contributed by atoms with Crippen molar-refractivity contribution in [2.45, 2.75) is 45.1 Å². The van der Waals surface area contributed by atoms with Crippen molar-refractivity contribution in [2.75, 3.05) is 13.7 Å². The van der Waals surface area contributed by atoms with Crippen LogP contribution in [0.15, 0.2) is 65.7 Å². The zero-order valence-corrected chi connectivity index (χ0v) is 19.1. The Kier molecular flexibility index (Phi) is 9.60. The highest BCUT2D eigenvalue weighted by Gasteiger charge is 2.16. The number of aryl methyl sites for hydroxylation is 1. The zero-order valence-electron chi connectivity index (χ0n) is 19.1. The van der Waals surface area contributed by atoms with Gasteiger partial charge >= 0.3 is 0 Å². The highest BCUT2D eigenvalue weighted by Crippen LogP contribution is 2.22. The largest absolute Gasteiger partial charge is 0.484 e. The first-order valence-electron chi connectivity index (χ1n) is 11.3. The number of hydrogen-bond acceptors (Lipinski definition) is 6. The summed E-state index contributed by atoms with van der Waals surface area (Å²) in [6, 6.07) is 19.1. The number of amides is 1. The summed E-state index contributed by atoms with van der Waals surface area (Å²) in [5.74, 6) is 7.73. The molecule has 0 spiro atoms. The number of carbonyl (C=O) groups is 1. The molecule has 0 aliphatic carbocycles. The lowest BCUT2D eigenvalue weighted by Gasteiger charge is -2.14. The van der Waals surface area contributed by atoms with Gasteiger partial charge in [-0.05, 0) is 37.8 Å². The van der Waals surface area contributed by atoms with Gasteiger partial charge in [-0.25, -0.2) is 5.84 Å². The van der Waals surface area contributed by atoms with Crippen LogP contribution < -0.4 is 11.3 Å². The minimum Gasteiger partial charge on any atom is -0.484 e. The molecule has 2 aliphatic rings. The average molecular weight is 449 g/mol. The van der Waals surface area contributed by atoms with Crippen LogP contribution in [0.2, 0.25) is 0 Å². The number of carbonyl (C=O) groups excluding carboxylic acids is 1. The van der Waals surface area contributed by atoms with Gasteiger partial charge in [-0.15, -0.1) is 10.2 Å². The molecule has 174 valence electrons. The standard InChI is InChI=1S/C12H13N3.C7H8N2O.C6H11NO/c1-2-6-10(7-3-1)12-14-13-11-8-4-5-9-15(11)12;8-9-7(10)6-4-2-1-3-5-6;1-8-6-4-2-3-5-7-6/h1-3,6-7H,4-5,8-9H2;1-5H,8H2,(H,9,10);2-5H2,1H3. The van der Waals surface area contributed by atoms with Gasteiger partial charge in [0.25, 0.3) is 5.91 Å². The number of nitrogens with zero attached hydrogens (tertiary/aromatic N) is 4. The molecule has 33 heavy (non-hydrogen) atoms. The third kappa shape index (κ3) is 7.25. The lowest BCUT2D eigenvalue weighted by atomic mass is 10.1. The molecule has 0 unspecified atom stereocenters. The maximum absolute atomic E-state index is 10.8. The van der Waals surface area contributed by atoms with Crippen LogP contribution in [0, 0.1) is 0 Å². The highest BCUT2D eigenvalue weighted by atomic mass is 16.5. The number of fused-ring (bicyclic) bond motifs is 1. The van der Waals surface area contributed by atoms with E-state index in [1.54, 1.807) is 31.4 Å². The minimum atomic E-state index is -0.263. The van der Waals surface area contributed by atoms with Crippen LogP contribution in [0.25, 0.3) is 11.4 Å². The molecule has 0 fully saturated rings. The number of nitrogens with one attached hydrogen (secondary N) is 1. The van der Waals surface area contributed by atoms with Crippen molar-refractivity contribution in [1.29, 1.82) is 0 Å². The van der Waals surface area contributed by atoms with Gasteiger partial charge in [0.15, 0.2) is 11.7 Å². The highest BCUT2D eigenvalue weighted by molar-refractivity contribution is 5.93. The Balaban J connectivity index is 0.000000149. The molecule has 0 bridgehead atoms. The molecule has 3 heterocycles. The molecule has 0 radical (unpaired) electrons. The van der Waals surface area contributed by atoms with E-state index in [1.165, 1.54) is 25.7 Å². The van der Waals surface area contributed by atoms with Gasteiger partial charge in [0.2, 0.25) is 0 Å². The van der Waals surface area contributed by atoms with E-state index in [1.807, 2.05) is 29.7 Å². The van der Waals surface area contributed by atoms with Gasteiger partial charge in [-0.1, -0.05) is 48.5 Å². The van der Waals surface area contributed by atoms with Crippen LogP contribution in [-0.4, -0.2) is 40.2 Å². The van der Waals surface area contributed by atoms with E-state index in [0.717, 1.165) is 49.0 Å². The number of hydrazine groups is 1. The van der Waals surface area contributed by atoms with Crippen LogP contribution in [0.3, 0.4) is 0 Å². The SMILES string of the molecule is COC1=NCCCC1.NNC(=O)c1ccccc1.c1ccc(-c2nnc3n2CCCC3)cc1. The number of nitrogen functional groups attached to an aromatic ring is 1. The second-order valence-electron chi connectivity index (χ2n) is 7.69. The Bertz CT molecular complexity index is 1020. The quantitative estimate of drug-likeness (QED) is 0.352. The predicted molar refractivity (Wildman–Crippen MR) is 130 cm³/mol. The van der Waals surface area contributed by atoms with Crippen molar-refractivity contribution in [3.63, 3.8) is 0 Å². The first-order chi connectivity index (χ1) is 16.2. The van der Waals surface area contributed by atoms with Crippen molar-refractivity contribution in [1.82, 2.24) is 20.2 Å². The van der Waals surface area contributed by atoms with Crippen LogP contribution in [0.5, 0.6) is 0 Å². The normalized spacial score (nSPS) is 14.3. The van der Waals surface area contributed by atoms with Crippen LogP contribution >= 0.6 is 0 Å². The monoisotopic (exact) mass is 448 g/mol. The molecular formula is C25H32N6O2. The predicted octanol–water partition coefficient (Wildman–Crippen LogP) is 3.79. The van der Waals surface area contributed by atoms with Crippen molar-refractivity contribution < 1.29 is 9.53 Å². The molecule has 0 saturated heterocycles. The fraction of sp³-hybridized carbons (Fsp3) is 0.360. The van der Waals surface area contributed by atoms with Crippen molar-refractivity contribution in [3.05, 3.63) is 72.1 Å². The minimum absolute atomic E-state index is 0.263. The second kappa shape index (κ2) is 13.1. The van der Waals surface area contributed by atoms with Crippen molar-refractivity contribution in [3.8, 4) is 11.4 Å². The molecule has 1 amide bonds. The third-order valence-electron chi connectivity index (χ3n) is 5.38. The molecule has 3 aromatic rings. The van der Waals surface area contributed by atoms with Gasteiger partial charge in [0, 0.05) is 37.1 Å². The first-order valence-corrected chi connectivity index (χ1v) is 11.3. The van der Waals surface area contributed by atoms with E-state index in [0.29, 0.717) is 5.56 Å². The van der Waals surface area contributed by atoms with E-state index in [2.05, 4.69) is 31.9 Å². The van der Waals surface area contributed by atoms with Gasteiger partial charge < -0.3 is 9.30 Å². The van der Waals surface area contributed by atoms with E-state index in [-0.39, 0.29) is 5.91 Å². The Morgan fingerprint density at radius 3 is 2.24 bits per heavy atom. The molecule has 8 heteroatoms. The number of benzene rings is 2. The Labute approximate surface area is 194 Å². The number of ether oxygens (including phenoxy) is 1. The molecule has 5 rings (SSSR count). The second-order valence-corrected chi connectivity index (χ2v) is 7.69. The Hall–Kier alpha value is -3.52. The van der Waals surface area contributed by atoms with E-state index < -0.39 is 0 Å². The first kappa shape index (κ1) is 24.1. The summed E-state index contributed by atoms with van der Waals surface area (Å²) in [5, 5.41) is 8.53. The van der Waals surface area contributed by atoms with E-state index in [9.17, 15) is 4.79 Å². The van der Waals surface area contributed by atoms with Crippen molar-refractivity contribution in [2.24, 2.45) is 10.8 Å². The number of rotatable bonds is 2. The Morgan fingerprint density at radius 1 is 0.939 bits per heavy atom. The van der Waals surface area contributed by atoms with Crippen molar-refractivity contribution >= 4 is 11.8 Å². The molecular weight excluding hydrogens is 416 g/mol. The summed E-state index contributed by atoms with van der Waals surface area (Å²) in [6.07, 6.45) is 7.06. The lowest BCUT2D eigenvalue weighted by molar-refractivity contribution is 0.0953. The summed E-state index contributed by atoms with van der Waals surface area (Å²) < 4.78 is 7.19. The number of aliphatic imine (C=N–C) groups is 1. The fourth-order valence-electron chi connectivity index (χ4n) is 3.62. The molecule has 8 nitrogen and oxygen atoms in total. The van der Waals surface area contributed by atoms with E-state index in [4.69, 9.17) is 10.6 Å². The molecule has 1 aromatic heterocycles. The maximum atomic E-state index is 10.8. The summed E-state index contributed by atoms with van der Waals surface area (Å²) >= 11 is 0. The molecule has 0 atom stereocenters. The van der Waals surface area contributed by atoms with Crippen LogP contribution in [-0.2, 0) is 17.7 Å². The molecule has 3 N–H and O–H groups in total. The van der Waals surface area contributed by atoms with Crippen LogP contribution in [0.1, 0.15) is 48.3 Å². The van der Waals surface area contributed by atoms with Gasteiger partial charge in [-0.3, -0.25) is 15.2 Å². The fourth-order valence-corrected chi connectivity index (χ4v) is 3.62. The molecule has 2 aliphatic heterocycles. The average Bonchev–Trinajstić information content (AvgIpc) is 3.35. The van der Waals surface area contributed by atoms with Gasteiger partial charge in [0.05, 0.1) is 7.11 Å². The Morgan fingerprint density at radius 2 is 1.64 bits per heavy atom. The zero-order chi connectivity index (χ0) is 23.3. The number of hydrogen-bond donors (Lipinski definition) is 2. The lowest BCUT2D eigenvalue weighted by Crippen LogP contribution is -2.29. The topological polar surface area (TPSA) is 107 Å². The third-order valence-corrected chi connectivity index (χ3v) is 5.38. The van der Waals surface area contributed by atoms with Gasteiger partial charge in [0.1, 0.15) is 5.82 Å². The summed E-state index contributed by atoms with van der Waals surface area (Å²) in [5.41, 5.74) is 3.78. The molecule has 0 saturated carbocycles. The number of methoxy groups -OCH3 is 1. The summed E-state index contributed by atoms with van der Waals surface area (Å²) in [7, 11) is 1.68. The van der Waals surface area contributed by atoms with E-state index >= 15 is 0 Å². The number of nitrogens with two attached hydrogens (primary N) is 1. The van der Waals surface area contributed by atoms with Gasteiger partial charge in [-0.2, -0.15) is 0 Å². The van der Waals surface area contributed by atoms with Crippen LogP contribution in [0.4, 0.5) is 0 Å². The summed E-state index contributed by atoms with van der Waals surface area (Å²) in [6.45, 7) is 2.02. The maximum Gasteiger partial charge on any atom is 0.265 e.